The molecule has 0 aliphatic heterocycles. The van der Waals surface area contributed by atoms with Crippen LogP contribution in [0, 0.1) is 11.3 Å². The average Bonchev–Trinajstić information content (AvgIpc) is 2.37. The molecule has 2 nitrogen and oxygen atoms in total. The Hall–Kier alpha value is -1.05. The summed E-state index contributed by atoms with van der Waals surface area (Å²) in [6, 6.07) is 0. The number of hydrogen-bond donors (Lipinski definition) is 0. The molecule has 0 saturated carbocycles. The molecule has 1 rings (SSSR count). The Kier molecular flexibility index (Phi) is 7.04. The van der Waals surface area contributed by atoms with Crippen LogP contribution < -0.4 is 0 Å². The van der Waals surface area contributed by atoms with Crippen LogP contribution >= 0.6 is 0 Å². The molecular formula is C18H31NO. The monoisotopic (exact) mass is 277 g/mol. The van der Waals surface area contributed by atoms with Crippen molar-refractivity contribution in [2.24, 2.45) is 16.5 Å². The van der Waals surface area contributed by atoms with Crippen LogP contribution in [0.25, 0.3) is 0 Å². The molecule has 1 unspecified atom stereocenters. The van der Waals surface area contributed by atoms with Crippen LogP contribution in [0.2, 0.25) is 0 Å². The summed E-state index contributed by atoms with van der Waals surface area (Å²) >= 11 is 0. The predicted molar refractivity (Wildman–Crippen MR) is 88.0 cm³/mol. The predicted octanol–water partition coefficient (Wildman–Crippen LogP) is 5.51. The van der Waals surface area contributed by atoms with Crippen molar-refractivity contribution >= 4 is 5.71 Å². The highest BCUT2D eigenvalue weighted by Gasteiger charge is 2.30. The van der Waals surface area contributed by atoms with Gasteiger partial charge in [-0.1, -0.05) is 56.5 Å². The fraction of sp³-hybridized carbons (Fsp3) is 0.722. The Balaban J connectivity index is 2.51. The van der Waals surface area contributed by atoms with Crippen molar-refractivity contribution in [3.05, 3.63) is 23.8 Å². The van der Waals surface area contributed by atoms with E-state index in [-0.39, 0.29) is 0 Å². The molecule has 0 saturated heterocycles. The summed E-state index contributed by atoms with van der Waals surface area (Å²) in [5.74, 6) is 0.515. The first kappa shape index (κ1) is 17.0. The number of allylic oxidation sites excluding steroid dienone is 4. The molecule has 0 amide bonds. The summed E-state index contributed by atoms with van der Waals surface area (Å²) in [4.78, 5) is 5.34. The lowest BCUT2D eigenvalue weighted by Crippen LogP contribution is -2.26. The number of nitrogens with zero attached hydrogens (tertiary/aromatic N) is 1. The van der Waals surface area contributed by atoms with Gasteiger partial charge in [-0.3, -0.25) is 0 Å². The van der Waals surface area contributed by atoms with Gasteiger partial charge in [-0.2, -0.15) is 0 Å². The minimum atomic E-state index is 0.345. The van der Waals surface area contributed by atoms with E-state index < -0.39 is 0 Å². The van der Waals surface area contributed by atoms with E-state index in [1.807, 2.05) is 6.92 Å². The third-order valence-corrected chi connectivity index (χ3v) is 4.17. The molecule has 0 bridgehead atoms. The van der Waals surface area contributed by atoms with Gasteiger partial charge in [0.25, 0.3) is 0 Å². The second kappa shape index (κ2) is 8.28. The van der Waals surface area contributed by atoms with Crippen LogP contribution in [0.15, 0.2) is 29.0 Å². The Morgan fingerprint density at radius 2 is 2.20 bits per heavy atom. The van der Waals surface area contributed by atoms with E-state index in [2.05, 4.69) is 51.1 Å². The zero-order valence-electron chi connectivity index (χ0n) is 13.9. The lowest BCUT2D eigenvalue weighted by Gasteiger charge is -2.36. The molecule has 2 heteroatoms. The summed E-state index contributed by atoms with van der Waals surface area (Å²) < 4.78 is 0. The first-order valence-electron chi connectivity index (χ1n) is 7.99. The summed E-state index contributed by atoms with van der Waals surface area (Å²) in [6.45, 7) is 11.9. The Bertz CT molecular complexity index is 377. The largest absolute Gasteiger partial charge is 0.396 e. The lowest BCUT2D eigenvalue weighted by molar-refractivity contribution is 0.140. The van der Waals surface area contributed by atoms with Crippen molar-refractivity contribution < 1.29 is 4.84 Å². The molecular weight excluding hydrogens is 246 g/mol. The Labute approximate surface area is 125 Å². The van der Waals surface area contributed by atoms with Crippen molar-refractivity contribution in [2.45, 2.75) is 66.7 Å². The van der Waals surface area contributed by atoms with E-state index in [9.17, 15) is 0 Å². The van der Waals surface area contributed by atoms with Gasteiger partial charge in [-0.25, -0.2) is 0 Å². The fourth-order valence-corrected chi connectivity index (χ4v) is 2.81. The van der Waals surface area contributed by atoms with Crippen LogP contribution in [0.3, 0.4) is 0 Å². The number of rotatable bonds is 7. The standard InChI is InChI=1S/C18H31NO/c1-6-7-8-14-20-19-16(3)11-12-17-15(2)10-9-13-18(17,4)5/h10-12,17H,6-9,13-14H2,1-5H3/b12-11+,19-16-. The topological polar surface area (TPSA) is 21.6 Å². The van der Waals surface area contributed by atoms with Crippen LogP contribution in [0.5, 0.6) is 0 Å². The van der Waals surface area contributed by atoms with Gasteiger partial charge in [0.1, 0.15) is 6.61 Å². The van der Waals surface area contributed by atoms with Gasteiger partial charge in [0.2, 0.25) is 0 Å². The zero-order valence-corrected chi connectivity index (χ0v) is 13.9. The quantitative estimate of drug-likeness (QED) is 0.260. The normalized spacial score (nSPS) is 22.9. The third-order valence-electron chi connectivity index (χ3n) is 4.17. The minimum absolute atomic E-state index is 0.345. The zero-order chi connectivity index (χ0) is 15.0. The molecule has 0 N–H and O–H groups in total. The summed E-state index contributed by atoms with van der Waals surface area (Å²) in [5, 5.41) is 4.16. The molecule has 0 fully saturated rings. The fourth-order valence-electron chi connectivity index (χ4n) is 2.81. The van der Waals surface area contributed by atoms with E-state index in [4.69, 9.17) is 4.84 Å². The van der Waals surface area contributed by atoms with E-state index in [1.165, 1.54) is 31.3 Å². The van der Waals surface area contributed by atoms with Crippen molar-refractivity contribution in [2.75, 3.05) is 6.61 Å². The van der Waals surface area contributed by atoms with E-state index >= 15 is 0 Å². The second-order valence-electron chi connectivity index (χ2n) is 6.59. The molecule has 0 spiro atoms. The van der Waals surface area contributed by atoms with Gasteiger partial charge in [0.05, 0.1) is 5.71 Å². The van der Waals surface area contributed by atoms with E-state index in [1.54, 1.807) is 0 Å². The SMILES string of the molecule is CCCCCO/N=C(C)\C=C\C1C(C)=CCCC1(C)C. The van der Waals surface area contributed by atoms with Crippen LogP contribution in [0.1, 0.15) is 66.7 Å². The molecule has 1 aliphatic rings. The maximum absolute atomic E-state index is 5.34. The molecule has 0 aromatic heterocycles. The smallest absolute Gasteiger partial charge is 0.117 e. The van der Waals surface area contributed by atoms with Crippen LogP contribution in [0.4, 0.5) is 0 Å². The highest BCUT2D eigenvalue weighted by atomic mass is 16.6. The van der Waals surface area contributed by atoms with Crippen molar-refractivity contribution in [1.29, 1.82) is 0 Å². The Morgan fingerprint density at radius 1 is 1.45 bits per heavy atom. The number of hydrogen-bond acceptors (Lipinski definition) is 2. The maximum Gasteiger partial charge on any atom is 0.117 e. The third kappa shape index (κ3) is 5.52. The molecule has 0 aromatic rings. The highest BCUT2D eigenvalue weighted by molar-refractivity contribution is 5.92. The maximum atomic E-state index is 5.34. The summed E-state index contributed by atoms with van der Waals surface area (Å²) in [5.41, 5.74) is 2.78. The minimum Gasteiger partial charge on any atom is -0.396 e. The molecule has 0 aromatic carbocycles. The van der Waals surface area contributed by atoms with Gasteiger partial charge >= 0.3 is 0 Å². The molecule has 0 radical (unpaired) electrons. The molecule has 1 atom stereocenters. The highest BCUT2D eigenvalue weighted by Crippen LogP contribution is 2.41. The summed E-state index contributed by atoms with van der Waals surface area (Å²) in [6.07, 6.45) is 12.7. The van der Waals surface area contributed by atoms with Crippen LogP contribution in [-0.4, -0.2) is 12.3 Å². The van der Waals surface area contributed by atoms with Crippen molar-refractivity contribution in [3.8, 4) is 0 Å². The number of unbranched alkanes of at least 4 members (excludes halogenated alkanes) is 2. The van der Waals surface area contributed by atoms with Gasteiger partial charge < -0.3 is 4.84 Å². The van der Waals surface area contributed by atoms with Gasteiger partial charge in [-0.15, -0.1) is 0 Å². The van der Waals surface area contributed by atoms with Gasteiger partial charge in [-0.05, 0) is 44.6 Å². The first-order chi connectivity index (χ1) is 9.47. The van der Waals surface area contributed by atoms with Gasteiger partial charge in [0.15, 0.2) is 0 Å². The Morgan fingerprint density at radius 3 is 2.85 bits per heavy atom. The lowest BCUT2D eigenvalue weighted by atomic mass is 9.68. The summed E-state index contributed by atoms with van der Waals surface area (Å²) in [7, 11) is 0. The molecule has 0 heterocycles. The molecule has 1 aliphatic carbocycles. The average molecular weight is 277 g/mol. The number of oxime groups is 1. The molecule has 20 heavy (non-hydrogen) atoms. The van der Waals surface area contributed by atoms with E-state index in [0.717, 1.165) is 18.7 Å². The second-order valence-corrected chi connectivity index (χ2v) is 6.59. The van der Waals surface area contributed by atoms with E-state index in [0.29, 0.717) is 11.3 Å². The van der Waals surface area contributed by atoms with Crippen LogP contribution in [-0.2, 0) is 4.84 Å². The molecule has 114 valence electrons. The van der Waals surface area contributed by atoms with Gasteiger partial charge in [0, 0.05) is 5.92 Å². The first-order valence-corrected chi connectivity index (χ1v) is 7.99. The van der Waals surface area contributed by atoms with Crippen molar-refractivity contribution in [1.82, 2.24) is 0 Å². The van der Waals surface area contributed by atoms with Crippen molar-refractivity contribution in [3.63, 3.8) is 0 Å².